The number of benzene rings is 2. The van der Waals surface area contributed by atoms with E-state index >= 15 is 0 Å². The molecule has 0 saturated carbocycles. The molecule has 0 radical (unpaired) electrons. The number of carbonyl (C=O) groups excluding carboxylic acids is 1. The second-order valence-electron chi connectivity index (χ2n) is 6.75. The molecule has 2 aliphatic rings. The van der Waals surface area contributed by atoms with Gasteiger partial charge in [0.05, 0.1) is 29.2 Å². The van der Waals surface area contributed by atoms with E-state index in [1.54, 1.807) is 16.7 Å². The molecule has 0 aromatic heterocycles. The number of carbonyl (C=O) groups is 1. The summed E-state index contributed by atoms with van der Waals surface area (Å²) in [6.45, 7) is 2.52. The highest BCUT2D eigenvalue weighted by Gasteiger charge is 2.38. The van der Waals surface area contributed by atoms with Crippen LogP contribution in [0, 0.1) is 18.3 Å². The predicted molar refractivity (Wildman–Crippen MR) is 112 cm³/mol. The Kier molecular flexibility index (Phi) is 4.98. The van der Waals surface area contributed by atoms with Crippen molar-refractivity contribution in [2.75, 3.05) is 17.4 Å². The van der Waals surface area contributed by atoms with Crippen molar-refractivity contribution in [2.24, 2.45) is 0 Å². The molecule has 2 aromatic carbocycles. The summed E-state index contributed by atoms with van der Waals surface area (Å²) in [5, 5.41) is 10.7. The number of aryl methyl sites for hydroxylation is 1. The molecule has 0 spiro atoms. The molecule has 136 valence electrons. The molecule has 1 fully saturated rings. The quantitative estimate of drug-likeness (QED) is 0.661. The summed E-state index contributed by atoms with van der Waals surface area (Å²) in [6, 6.07) is 18.6. The largest absolute Gasteiger partial charge is 0.344 e. The molecule has 0 bridgehead atoms. The Morgan fingerprint density at radius 3 is 2.52 bits per heavy atom. The first-order valence-corrected chi connectivity index (χ1v) is 10.5. The number of halogens is 1. The van der Waals surface area contributed by atoms with Gasteiger partial charge in [-0.05, 0) is 36.8 Å². The molecule has 6 heteroatoms. The third-order valence-electron chi connectivity index (χ3n) is 4.97. The Labute approximate surface area is 171 Å². The molecule has 4 rings (SSSR count). The maximum atomic E-state index is 12.9. The molecule has 0 aliphatic carbocycles. The normalized spacial score (nSPS) is 19.7. The van der Waals surface area contributed by atoms with Gasteiger partial charge in [-0.3, -0.25) is 9.69 Å². The van der Waals surface area contributed by atoms with E-state index in [2.05, 4.69) is 26.9 Å². The van der Waals surface area contributed by atoms with Crippen LogP contribution < -0.4 is 4.90 Å². The number of fused-ring (bicyclic) bond motifs is 1. The highest BCUT2D eigenvalue weighted by Crippen LogP contribution is 2.43. The third kappa shape index (κ3) is 3.50. The van der Waals surface area contributed by atoms with E-state index in [1.807, 2.05) is 55.5 Å². The number of nitriles is 1. The van der Waals surface area contributed by atoms with E-state index in [1.165, 1.54) is 5.56 Å². The smallest absolute Gasteiger partial charge is 0.229 e. The molecule has 2 heterocycles. The number of hydrogen-bond donors (Lipinski definition) is 0. The average Bonchev–Trinajstić information content (AvgIpc) is 2.69. The maximum absolute atomic E-state index is 12.9. The number of allylic oxidation sites excluding steroid dienone is 1. The van der Waals surface area contributed by atoms with E-state index in [4.69, 9.17) is 0 Å². The molecule has 2 aliphatic heterocycles. The zero-order valence-corrected chi connectivity index (χ0v) is 17.3. The number of hydrogen-bond acceptors (Lipinski definition) is 4. The van der Waals surface area contributed by atoms with Crippen LogP contribution in [0.15, 0.2) is 63.6 Å². The van der Waals surface area contributed by atoms with Gasteiger partial charge in [-0.25, -0.2) is 0 Å². The zero-order chi connectivity index (χ0) is 19.0. The Morgan fingerprint density at radius 1 is 1.15 bits per heavy atom. The topological polar surface area (TPSA) is 47.3 Å². The van der Waals surface area contributed by atoms with Crippen LogP contribution in [0.1, 0.15) is 23.5 Å². The van der Waals surface area contributed by atoms with Gasteiger partial charge in [0.25, 0.3) is 0 Å². The molecule has 1 saturated heterocycles. The fourth-order valence-corrected chi connectivity index (χ4v) is 4.89. The lowest BCUT2D eigenvalue weighted by Crippen LogP contribution is -2.47. The molecule has 27 heavy (non-hydrogen) atoms. The van der Waals surface area contributed by atoms with Crippen LogP contribution in [0.4, 0.5) is 5.69 Å². The second kappa shape index (κ2) is 7.41. The standard InChI is InChI=1S/C21H18BrN3OS/c1-14-2-4-15(5-3-14)18-10-20(26)25-12-24(13-27-21(25)19(18)11-23)17-8-6-16(22)7-9-17/h2-9,18H,10,12-13H2,1H3/t18-/m1/s1. The van der Waals surface area contributed by atoms with E-state index in [0.29, 0.717) is 24.5 Å². The van der Waals surface area contributed by atoms with Gasteiger partial charge in [0, 0.05) is 22.5 Å². The van der Waals surface area contributed by atoms with E-state index in [0.717, 1.165) is 20.8 Å². The fraction of sp³-hybridized carbons (Fsp3) is 0.238. The first-order valence-electron chi connectivity index (χ1n) is 8.71. The van der Waals surface area contributed by atoms with Gasteiger partial charge in [-0.1, -0.05) is 57.5 Å². The van der Waals surface area contributed by atoms with Crippen LogP contribution in [-0.4, -0.2) is 23.4 Å². The van der Waals surface area contributed by atoms with Crippen molar-refractivity contribution in [1.82, 2.24) is 4.90 Å². The predicted octanol–water partition coefficient (Wildman–Crippen LogP) is 4.98. The summed E-state index contributed by atoms with van der Waals surface area (Å²) in [7, 11) is 0. The summed E-state index contributed by atoms with van der Waals surface area (Å²) < 4.78 is 1.03. The Balaban J connectivity index is 1.65. The molecular weight excluding hydrogens is 422 g/mol. The molecule has 4 nitrogen and oxygen atoms in total. The highest BCUT2D eigenvalue weighted by atomic mass is 79.9. The van der Waals surface area contributed by atoms with Crippen LogP contribution in [0.25, 0.3) is 0 Å². The van der Waals surface area contributed by atoms with Gasteiger partial charge in [-0.15, -0.1) is 0 Å². The lowest BCUT2D eigenvalue weighted by molar-refractivity contribution is -0.129. The van der Waals surface area contributed by atoms with Gasteiger partial charge < -0.3 is 4.90 Å². The minimum Gasteiger partial charge on any atom is -0.344 e. The van der Waals surface area contributed by atoms with Gasteiger partial charge in [0.2, 0.25) is 5.91 Å². The summed E-state index contributed by atoms with van der Waals surface area (Å²) in [5.74, 6) is 0.636. The monoisotopic (exact) mass is 439 g/mol. The number of amides is 1. The van der Waals surface area contributed by atoms with E-state index in [-0.39, 0.29) is 11.8 Å². The SMILES string of the molecule is Cc1ccc([C@H]2CC(=O)N3CN(c4ccc(Br)cc4)CSC3=C2C#N)cc1. The molecule has 0 unspecified atom stereocenters. The van der Waals surface area contributed by atoms with E-state index < -0.39 is 0 Å². The van der Waals surface area contributed by atoms with Crippen molar-refractivity contribution in [2.45, 2.75) is 19.3 Å². The number of thioether (sulfide) groups is 1. The lowest BCUT2D eigenvalue weighted by atomic mass is 9.86. The Bertz CT molecular complexity index is 947. The number of rotatable bonds is 2. The first kappa shape index (κ1) is 18.1. The van der Waals surface area contributed by atoms with Crippen LogP contribution in [-0.2, 0) is 4.79 Å². The summed E-state index contributed by atoms with van der Waals surface area (Å²) in [4.78, 5) is 16.8. The van der Waals surface area contributed by atoms with Crippen molar-refractivity contribution >= 4 is 39.3 Å². The highest BCUT2D eigenvalue weighted by molar-refractivity contribution is 9.10. The Morgan fingerprint density at radius 2 is 1.85 bits per heavy atom. The van der Waals surface area contributed by atoms with E-state index in [9.17, 15) is 10.1 Å². The van der Waals surface area contributed by atoms with Crippen molar-refractivity contribution in [3.8, 4) is 6.07 Å². The van der Waals surface area contributed by atoms with Gasteiger partial charge in [-0.2, -0.15) is 5.26 Å². The van der Waals surface area contributed by atoms with Crippen LogP contribution in [0.3, 0.4) is 0 Å². The third-order valence-corrected chi connectivity index (χ3v) is 6.65. The van der Waals surface area contributed by atoms with Crippen LogP contribution in [0.2, 0.25) is 0 Å². The van der Waals surface area contributed by atoms with Crippen molar-refractivity contribution < 1.29 is 4.79 Å². The lowest BCUT2D eigenvalue weighted by Gasteiger charge is -2.42. The van der Waals surface area contributed by atoms with Crippen LogP contribution >= 0.6 is 27.7 Å². The number of anilines is 1. The summed E-state index contributed by atoms with van der Waals surface area (Å²) in [6.07, 6.45) is 0.337. The summed E-state index contributed by atoms with van der Waals surface area (Å²) >= 11 is 5.02. The molecule has 1 amide bonds. The second-order valence-corrected chi connectivity index (χ2v) is 8.60. The first-order chi connectivity index (χ1) is 13.1. The maximum Gasteiger partial charge on any atom is 0.229 e. The number of nitrogens with zero attached hydrogens (tertiary/aromatic N) is 3. The van der Waals surface area contributed by atoms with Gasteiger partial charge in [0.1, 0.15) is 0 Å². The minimum absolute atomic E-state index is 0.0730. The Hall–Kier alpha value is -2.23. The average molecular weight is 440 g/mol. The van der Waals surface area contributed by atoms with Crippen molar-refractivity contribution in [1.29, 1.82) is 5.26 Å². The molecular formula is C21H18BrN3OS. The zero-order valence-electron chi connectivity index (χ0n) is 14.9. The van der Waals surface area contributed by atoms with Gasteiger partial charge in [0.15, 0.2) is 0 Å². The molecule has 1 atom stereocenters. The minimum atomic E-state index is -0.152. The van der Waals surface area contributed by atoms with Crippen LogP contribution in [0.5, 0.6) is 0 Å². The fourth-order valence-electron chi connectivity index (χ4n) is 3.46. The molecule has 0 N–H and O–H groups in total. The summed E-state index contributed by atoms with van der Waals surface area (Å²) in [5.41, 5.74) is 3.98. The van der Waals surface area contributed by atoms with Gasteiger partial charge >= 0.3 is 0 Å². The van der Waals surface area contributed by atoms with Crippen molar-refractivity contribution in [3.63, 3.8) is 0 Å². The van der Waals surface area contributed by atoms with Crippen molar-refractivity contribution in [3.05, 3.63) is 74.7 Å². The molecule has 2 aromatic rings.